The van der Waals surface area contributed by atoms with E-state index in [-0.39, 0.29) is 5.91 Å². The van der Waals surface area contributed by atoms with Gasteiger partial charge < -0.3 is 15.1 Å². The molecule has 1 saturated heterocycles. The monoisotopic (exact) mass is 540 g/mol. The van der Waals surface area contributed by atoms with Gasteiger partial charge in [0, 0.05) is 49.1 Å². The Morgan fingerprint density at radius 1 is 1.00 bits per heavy atom. The summed E-state index contributed by atoms with van der Waals surface area (Å²) in [5, 5.41) is 3.18. The number of amides is 1. The number of rotatable bonds is 4. The van der Waals surface area contributed by atoms with Crippen LogP contribution in [0.4, 0.5) is 17.5 Å². The van der Waals surface area contributed by atoms with Crippen molar-refractivity contribution in [3.05, 3.63) is 58.7 Å². The lowest BCUT2D eigenvalue weighted by Crippen LogP contribution is -2.48. The summed E-state index contributed by atoms with van der Waals surface area (Å²) >= 11 is 2.28. The largest absolute Gasteiger partial charge is 0.367 e. The molecule has 4 aromatic heterocycles. The highest BCUT2D eigenvalue weighted by Gasteiger charge is 2.19. The lowest BCUT2D eigenvalue weighted by atomic mass is 10.2. The van der Waals surface area contributed by atoms with Crippen LogP contribution in [0.25, 0.3) is 17.0 Å². The Kier molecular flexibility index (Phi) is 5.60. The van der Waals surface area contributed by atoms with Crippen LogP contribution in [0.1, 0.15) is 6.92 Å². The van der Waals surface area contributed by atoms with Gasteiger partial charge in [-0.2, -0.15) is 0 Å². The van der Waals surface area contributed by atoms with Crippen molar-refractivity contribution in [2.45, 2.75) is 6.92 Å². The molecule has 1 N–H and O–H groups in total. The second kappa shape index (κ2) is 8.69. The molecular weight excluding hydrogens is 519 g/mol. The van der Waals surface area contributed by atoms with Crippen molar-refractivity contribution in [3.8, 4) is 11.4 Å². The van der Waals surface area contributed by atoms with Crippen molar-refractivity contribution in [3.63, 3.8) is 0 Å². The summed E-state index contributed by atoms with van der Waals surface area (Å²) in [5.74, 6) is 1.27. The number of carbonyl (C=O) groups is 1. The summed E-state index contributed by atoms with van der Waals surface area (Å²) in [6.45, 7) is 4.69. The summed E-state index contributed by atoms with van der Waals surface area (Å²) in [6, 6.07) is 9.81. The number of nitrogens with zero attached hydrogens (tertiary/aromatic N) is 7. The van der Waals surface area contributed by atoms with E-state index in [1.165, 1.54) is 0 Å². The van der Waals surface area contributed by atoms with E-state index in [2.05, 4.69) is 52.7 Å². The Bertz CT molecular complexity index is 1260. The zero-order chi connectivity index (χ0) is 22.1. The number of halogens is 1. The summed E-state index contributed by atoms with van der Waals surface area (Å²) in [6.07, 6.45) is 7.41. The number of aromatic nitrogens is 5. The molecule has 1 aliphatic heterocycles. The molecule has 1 fully saturated rings. The summed E-state index contributed by atoms with van der Waals surface area (Å²) in [4.78, 5) is 33.6. The molecule has 0 aliphatic carbocycles. The van der Waals surface area contributed by atoms with Crippen LogP contribution in [0.3, 0.4) is 0 Å². The molecule has 10 heteroatoms. The van der Waals surface area contributed by atoms with Crippen LogP contribution < -0.4 is 10.2 Å². The fraction of sp³-hybridized carbons (Fsp3) is 0.227. The Morgan fingerprint density at radius 2 is 1.84 bits per heavy atom. The van der Waals surface area contributed by atoms with Gasteiger partial charge in [0.1, 0.15) is 11.5 Å². The number of hydrogen-bond donors (Lipinski definition) is 1. The minimum absolute atomic E-state index is 0.128. The molecule has 0 spiro atoms. The van der Waals surface area contributed by atoms with Crippen LogP contribution in [-0.4, -0.2) is 61.3 Å². The lowest BCUT2D eigenvalue weighted by molar-refractivity contribution is -0.129. The van der Waals surface area contributed by atoms with E-state index >= 15 is 0 Å². The van der Waals surface area contributed by atoms with Crippen molar-refractivity contribution >= 4 is 51.6 Å². The molecular formula is C22H21IN8O. The SMILES string of the molecule is CC(=O)N1CCN(c2ccc(Nc3nccc(-c4cnc5ccc(I)cn45)n3)nc2)CC1. The van der Waals surface area contributed by atoms with Gasteiger partial charge in [0.2, 0.25) is 11.9 Å². The van der Waals surface area contributed by atoms with E-state index in [9.17, 15) is 4.79 Å². The molecule has 0 unspecified atom stereocenters. The highest BCUT2D eigenvalue weighted by atomic mass is 127. The van der Waals surface area contributed by atoms with Gasteiger partial charge in [-0.05, 0) is 52.9 Å². The van der Waals surface area contributed by atoms with Gasteiger partial charge in [0.25, 0.3) is 0 Å². The maximum Gasteiger partial charge on any atom is 0.228 e. The van der Waals surface area contributed by atoms with Crippen LogP contribution in [0.15, 0.2) is 55.1 Å². The lowest BCUT2D eigenvalue weighted by Gasteiger charge is -2.35. The van der Waals surface area contributed by atoms with E-state index in [4.69, 9.17) is 0 Å². The minimum Gasteiger partial charge on any atom is -0.367 e. The third-order valence-electron chi connectivity index (χ3n) is 5.47. The number of anilines is 3. The van der Waals surface area contributed by atoms with Crippen molar-refractivity contribution < 1.29 is 4.79 Å². The first kappa shape index (κ1) is 20.6. The zero-order valence-electron chi connectivity index (χ0n) is 17.4. The van der Waals surface area contributed by atoms with Gasteiger partial charge in [-0.15, -0.1) is 0 Å². The first-order valence-electron chi connectivity index (χ1n) is 10.3. The fourth-order valence-corrected chi connectivity index (χ4v) is 4.21. The van der Waals surface area contributed by atoms with E-state index < -0.39 is 0 Å². The van der Waals surface area contributed by atoms with Gasteiger partial charge in [-0.3, -0.25) is 9.20 Å². The van der Waals surface area contributed by atoms with Crippen LogP contribution in [-0.2, 0) is 4.79 Å². The molecule has 1 amide bonds. The smallest absolute Gasteiger partial charge is 0.228 e. The average molecular weight is 540 g/mol. The molecule has 32 heavy (non-hydrogen) atoms. The summed E-state index contributed by atoms with van der Waals surface area (Å²) in [5.41, 5.74) is 3.58. The number of hydrogen-bond acceptors (Lipinski definition) is 7. The minimum atomic E-state index is 0.128. The van der Waals surface area contributed by atoms with E-state index in [0.29, 0.717) is 11.8 Å². The highest BCUT2D eigenvalue weighted by Crippen LogP contribution is 2.22. The van der Waals surface area contributed by atoms with E-state index in [1.54, 1.807) is 13.1 Å². The molecule has 162 valence electrons. The molecule has 5 heterocycles. The van der Waals surface area contributed by atoms with Gasteiger partial charge in [-0.1, -0.05) is 0 Å². The van der Waals surface area contributed by atoms with Crippen molar-refractivity contribution in [1.82, 2.24) is 29.2 Å². The van der Waals surface area contributed by atoms with Crippen molar-refractivity contribution in [1.29, 1.82) is 0 Å². The molecule has 1 aliphatic rings. The van der Waals surface area contributed by atoms with Crippen molar-refractivity contribution in [2.75, 3.05) is 36.4 Å². The maximum atomic E-state index is 11.5. The van der Waals surface area contributed by atoms with Gasteiger partial charge in [0.05, 0.1) is 29.5 Å². The van der Waals surface area contributed by atoms with Gasteiger partial charge >= 0.3 is 0 Å². The quantitative estimate of drug-likeness (QED) is 0.398. The number of imidazole rings is 1. The fourth-order valence-electron chi connectivity index (χ4n) is 3.75. The molecule has 0 radical (unpaired) electrons. The van der Waals surface area contributed by atoms with Crippen LogP contribution >= 0.6 is 22.6 Å². The average Bonchev–Trinajstić information content (AvgIpc) is 3.23. The van der Waals surface area contributed by atoms with Crippen LogP contribution in [0.5, 0.6) is 0 Å². The Hall–Kier alpha value is -3.28. The first-order valence-corrected chi connectivity index (χ1v) is 11.3. The molecule has 9 nitrogen and oxygen atoms in total. The number of fused-ring (bicyclic) bond motifs is 1. The molecule has 0 atom stereocenters. The van der Waals surface area contributed by atoms with Crippen molar-refractivity contribution in [2.24, 2.45) is 0 Å². The number of nitrogens with one attached hydrogen (secondary N) is 1. The van der Waals surface area contributed by atoms with Crippen LogP contribution in [0.2, 0.25) is 0 Å². The third-order valence-corrected chi connectivity index (χ3v) is 6.10. The normalized spacial score (nSPS) is 14.1. The maximum absolute atomic E-state index is 11.5. The predicted molar refractivity (Wildman–Crippen MR) is 131 cm³/mol. The first-order chi connectivity index (χ1) is 15.6. The second-order valence-electron chi connectivity index (χ2n) is 7.50. The third kappa shape index (κ3) is 4.22. The van der Waals surface area contributed by atoms with Gasteiger partial charge in [-0.25, -0.2) is 19.9 Å². The summed E-state index contributed by atoms with van der Waals surface area (Å²) in [7, 11) is 0. The predicted octanol–water partition coefficient (Wildman–Crippen LogP) is 3.20. The number of piperazine rings is 1. The zero-order valence-corrected chi connectivity index (χ0v) is 19.6. The second-order valence-corrected chi connectivity index (χ2v) is 8.75. The summed E-state index contributed by atoms with van der Waals surface area (Å²) < 4.78 is 3.14. The van der Waals surface area contributed by atoms with E-state index in [0.717, 1.165) is 52.5 Å². The molecule has 5 rings (SSSR count). The Labute approximate surface area is 198 Å². The standard InChI is InChI=1S/C22H21IN8O/c1-15(32)29-8-10-30(11-9-29)17-3-4-20(25-12-17)28-22-24-7-6-18(27-22)19-13-26-21-5-2-16(23)14-31(19)21/h2-7,12-14H,8-11H2,1H3,(H,24,25,27,28). The Balaban J connectivity index is 1.31. The highest BCUT2D eigenvalue weighted by molar-refractivity contribution is 14.1. The van der Waals surface area contributed by atoms with Gasteiger partial charge in [0.15, 0.2) is 0 Å². The number of carbonyl (C=O) groups excluding carboxylic acids is 1. The Morgan fingerprint density at radius 3 is 2.59 bits per heavy atom. The molecule has 0 bridgehead atoms. The van der Waals surface area contributed by atoms with Crippen LogP contribution in [0, 0.1) is 3.57 Å². The molecule has 4 aromatic rings. The molecule has 0 saturated carbocycles. The molecule has 0 aromatic carbocycles. The number of pyridine rings is 2. The van der Waals surface area contributed by atoms with E-state index in [1.807, 2.05) is 58.2 Å². The topological polar surface area (TPSA) is 91.6 Å².